The topological polar surface area (TPSA) is 45.7 Å². The Morgan fingerprint density at radius 2 is 1.88 bits per heavy atom. The molecule has 0 saturated heterocycles. The molecule has 2 aromatic carbocycles. The zero-order valence-electron chi connectivity index (χ0n) is 13.8. The summed E-state index contributed by atoms with van der Waals surface area (Å²) in [7, 11) is 1.71. The molecule has 4 aromatic rings. The van der Waals surface area contributed by atoms with E-state index < -0.39 is 0 Å². The highest BCUT2D eigenvalue weighted by atomic mass is 32.1. The Labute approximate surface area is 150 Å². The molecule has 0 aliphatic carbocycles. The maximum Gasteiger partial charge on any atom is 0.178 e. The van der Waals surface area contributed by atoms with Crippen LogP contribution in [0.25, 0.3) is 33.5 Å². The number of hydrogen-bond donors (Lipinski definition) is 2. The van der Waals surface area contributed by atoms with Gasteiger partial charge in [0.05, 0.1) is 24.2 Å². The Balaban J connectivity index is 1.82. The summed E-state index contributed by atoms with van der Waals surface area (Å²) in [5.74, 6) is 0.883. The highest BCUT2D eigenvalue weighted by Crippen LogP contribution is 2.40. The summed E-state index contributed by atoms with van der Waals surface area (Å²) in [6, 6.07) is 16.5. The number of aromatic amines is 2. The van der Waals surface area contributed by atoms with Crippen molar-refractivity contribution in [1.82, 2.24) is 14.5 Å². The molecule has 2 aromatic heterocycles. The number of aromatic nitrogens is 3. The number of methoxy groups -OCH3 is 1. The van der Waals surface area contributed by atoms with E-state index >= 15 is 0 Å². The second-order valence-corrected chi connectivity index (χ2v) is 6.70. The number of benzene rings is 2. The molecule has 4 nitrogen and oxygen atoms in total. The zero-order valence-corrected chi connectivity index (χ0v) is 14.6. The Bertz CT molecular complexity index is 1150. The lowest BCUT2D eigenvalue weighted by atomic mass is 9.99. The monoisotopic (exact) mass is 347 g/mol. The normalized spacial score (nSPS) is 12.8. The third kappa shape index (κ3) is 2.09. The van der Waals surface area contributed by atoms with Crippen molar-refractivity contribution < 1.29 is 4.74 Å². The smallest absolute Gasteiger partial charge is 0.178 e. The molecule has 2 N–H and O–H groups in total. The van der Waals surface area contributed by atoms with Crippen LogP contribution in [0.1, 0.15) is 5.56 Å². The molecule has 0 spiro atoms. The van der Waals surface area contributed by atoms with Gasteiger partial charge in [0.1, 0.15) is 5.75 Å². The number of H-pyrrole nitrogens is 2. The van der Waals surface area contributed by atoms with Gasteiger partial charge >= 0.3 is 0 Å². The maximum atomic E-state index is 5.58. The SMILES string of the molecule is COc1ccc2[nH]c3c(c2c1)CCn1c-3c(-c2ccccc2)[nH]c1=S. The van der Waals surface area contributed by atoms with Gasteiger partial charge in [-0.1, -0.05) is 30.3 Å². The van der Waals surface area contributed by atoms with E-state index in [4.69, 9.17) is 17.0 Å². The number of aryl methyl sites for hydroxylation is 1. The first-order valence-corrected chi connectivity index (χ1v) is 8.74. The summed E-state index contributed by atoms with van der Waals surface area (Å²) in [6.07, 6.45) is 0.954. The van der Waals surface area contributed by atoms with Crippen LogP contribution in [0.2, 0.25) is 0 Å². The molecule has 25 heavy (non-hydrogen) atoms. The minimum absolute atomic E-state index is 0.774. The number of imidazole rings is 1. The minimum Gasteiger partial charge on any atom is -0.497 e. The van der Waals surface area contributed by atoms with Crippen molar-refractivity contribution in [2.75, 3.05) is 7.11 Å². The molecule has 0 radical (unpaired) electrons. The van der Waals surface area contributed by atoms with Crippen LogP contribution in [0, 0.1) is 4.77 Å². The average molecular weight is 347 g/mol. The van der Waals surface area contributed by atoms with Crippen molar-refractivity contribution in [3.8, 4) is 28.4 Å². The molecule has 5 heteroatoms. The molecule has 0 amide bonds. The van der Waals surface area contributed by atoms with Crippen LogP contribution in [0.15, 0.2) is 48.5 Å². The van der Waals surface area contributed by atoms with E-state index in [-0.39, 0.29) is 0 Å². The van der Waals surface area contributed by atoms with E-state index in [1.165, 1.54) is 10.9 Å². The number of ether oxygens (including phenoxy) is 1. The van der Waals surface area contributed by atoms with Gasteiger partial charge in [0.15, 0.2) is 4.77 Å². The largest absolute Gasteiger partial charge is 0.497 e. The Morgan fingerprint density at radius 3 is 2.68 bits per heavy atom. The van der Waals surface area contributed by atoms with Gasteiger partial charge in [-0.25, -0.2) is 0 Å². The number of nitrogens with zero attached hydrogens (tertiary/aromatic N) is 1. The van der Waals surface area contributed by atoms with Crippen LogP contribution in [-0.2, 0) is 13.0 Å². The fourth-order valence-corrected chi connectivity index (χ4v) is 4.08. The summed E-state index contributed by atoms with van der Waals surface area (Å²) < 4.78 is 8.38. The Hall–Kier alpha value is -2.79. The first kappa shape index (κ1) is 14.5. The lowest BCUT2D eigenvalue weighted by Crippen LogP contribution is -2.10. The van der Waals surface area contributed by atoms with Crippen molar-refractivity contribution in [2.24, 2.45) is 0 Å². The van der Waals surface area contributed by atoms with E-state index in [1.807, 2.05) is 12.1 Å². The number of rotatable bonds is 2. The summed E-state index contributed by atoms with van der Waals surface area (Å²) in [5.41, 5.74) is 6.98. The molecule has 5 rings (SSSR count). The predicted octanol–water partition coefficient (Wildman–Crippen LogP) is 4.93. The first-order chi connectivity index (χ1) is 12.3. The van der Waals surface area contributed by atoms with Crippen molar-refractivity contribution in [1.29, 1.82) is 0 Å². The van der Waals surface area contributed by atoms with Crippen molar-refractivity contribution in [3.63, 3.8) is 0 Å². The molecule has 124 valence electrons. The molecule has 0 unspecified atom stereocenters. The standard InChI is InChI=1S/C20H17N3OS/c1-24-13-7-8-16-15(11-13)14-9-10-23-19(18(14)21-16)17(22-20(23)25)12-5-3-2-4-6-12/h2-8,11,21H,9-10H2,1H3,(H,22,25). The van der Waals surface area contributed by atoms with E-state index in [1.54, 1.807) is 7.11 Å². The van der Waals surface area contributed by atoms with Crippen LogP contribution in [-0.4, -0.2) is 21.6 Å². The number of hydrogen-bond acceptors (Lipinski definition) is 2. The van der Waals surface area contributed by atoms with Gasteiger partial charge in [-0.05, 0) is 42.4 Å². The van der Waals surface area contributed by atoms with Crippen LogP contribution >= 0.6 is 12.2 Å². The molecule has 1 aliphatic rings. The van der Waals surface area contributed by atoms with E-state index in [0.29, 0.717) is 0 Å². The highest BCUT2D eigenvalue weighted by molar-refractivity contribution is 7.71. The van der Waals surface area contributed by atoms with Gasteiger partial charge in [0.25, 0.3) is 0 Å². The molecule has 0 bridgehead atoms. The number of fused-ring (bicyclic) bond motifs is 5. The fraction of sp³-hybridized carbons (Fsp3) is 0.150. The highest BCUT2D eigenvalue weighted by Gasteiger charge is 2.25. The third-order valence-electron chi connectivity index (χ3n) is 4.98. The van der Waals surface area contributed by atoms with Gasteiger partial charge < -0.3 is 19.3 Å². The molecule has 3 heterocycles. The molecule has 0 atom stereocenters. The molecule has 0 fully saturated rings. The van der Waals surface area contributed by atoms with E-state index in [9.17, 15) is 0 Å². The quantitative estimate of drug-likeness (QED) is 0.505. The minimum atomic E-state index is 0.774. The zero-order chi connectivity index (χ0) is 17.0. The maximum absolute atomic E-state index is 5.58. The van der Waals surface area contributed by atoms with Gasteiger partial charge in [-0.2, -0.15) is 0 Å². The van der Waals surface area contributed by atoms with Crippen molar-refractivity contribution >= 4 is 23.1 Å². The van der Waals surface area contributed by atoms with Crippen LogP contribution in [0.4, 0.5) is 0 Å². The van der Waals surface area contributed by atoms with Crippen LogP contribution in [0.3, 0.4) is 0 Å². The lowest BCUT2D eigenvalue weighted by Gasteiger charge is -2.17. The molecular weight excluding hydrogens is 330 g/mol. The van der Waals surface area contributed by atoms with Gasteiger partial charge in [0, 0.05) is 23.0 Å². The second kappa shape index (κ2) is 5.36. The summed E-state index contributed by atoms with van der Waals surface area (Å²) in [4.78, 5) is 7.02. The summed E-state index contributed by atoms with van der Waals surface area (Å²) >= 11 is 5.58. The summed E-state index contributed by atoms with van der Waals surface area (Å²) in [5, 5.41) is 1.23. The first-order valence-electron chi connectivity index (χ1n) is 8.33. The van der Waals surface area contributed by atoms with Crippen molar-refractivity contribution in [2.45, 2.75) is 13.0 Å². The Kier molecular flexibility index (Phi) is 3.12. The molecule has 1 aliphatic heterocycles. The second-order valence-electron chi connectivity index (χ2n) is 6.31. The van der Waals surface area contributed by atoms with Crippen LogP contribution in [0.5, 0.6) is 5.75 Å². The summed E-state index contributed by atoms with van der Waals surface area (Å²) in [6.45, 7) is 0.884. The third-order valence-corrected chi connectivity index (χ3v) is 5.30. The molecule has 0 saturated carbocycles. The van der Waals surface area contributed by atoms with Gasteiger partial charge in [-0.3, -0.25) is 0 Å². The Morgan fingerprint density at radius 1 is 1.04 bits per heavy atom. The average Bonchev–Trinajstić information content (AvgIpc) is 3.19. The fourth-order valence-electron chi connectivity index (χ4n) is 3.80. The van der Waals surface area contributed by atoms with Gasteiger partial charge in [0.2, 0.25) is 0 Å². The van der Waals surface area contributed by atoms with E-state index in [2.05, 4.69) is 50.9 Å². The lowest BCUT2D eigenvalue weighted by molar-refractivity contribution is 0.415. The van der Waals surface area contributed by atoms with E-state index in [0.717, 1.165) is 51.6 Å². The van der Waals surface area contributed by atoms with Crippen LogP contribution < -0.4 is 4.74 Å². The molecular formula is C20H17N3OS. The predicted molar refractivity (Wildman–Crippen MR) is 103 cm³/mol. The van der Waals surface area contributed by atoms with Crippen molar-refractivity contribution in [3.05, 3.63) is 58.9 Å². The van der Waals surface area contributed by atoms with Gasteiger partial charge in [-0.15, -0.1) is 0 Å². The number of nitrogens with one attached hydrogen (secondary N) is 2.